The van der Waals surface area contributed by atoms with E-state index in [-0.39, 0.29) is 30.1 Å². The van der Waals surface area contributed by atoms with Gasteiger partial charge >= 0.3 is 12.2 Å². The smallest absolute Gasteiger partial charge is 0.393 e. The lowest BCUT2D eigenvalue weighted by atomic mass is 9.61. The second-order valence-electron chi connectivity index (χ2n) is 9.99. The minimum Gasteiger partial charge on any atom is -0.393 e. The van der Waals surface area contributed by atoms with Crippen molar-refractivity contribution in [3.8, 4) is 0 Å². The predicted molar refractivity (Wildman–Crippen MR) is 137 cm³/mol. The maximum atomic E-state index is 13.5. The Morgan fingerprint density at radius 2 is 1.87 bits per heavy atom. The molecule has 5 rings (SSSR count). The van der Waals surface area contributed by atoms with Crippen molar-refractivity contribution in [2.24, 2.45) is 22.7 Å². The average Bonchev–Trinajstić information content (AvgIpc) is 3.35. The summed E-state index contributed by atoms with van der Waals surface area (Å²) < 4.78 is 11.7. The fourth-order valence-corrected chi connectivity index (χ4v) is 6.19. The molecular formula is C28H32N4O6. The second kappa shape index (κ2) is 9.74. The predicted octanol–water partition coefficient (Wildman–Crippen LogP) is 3.74. The molecule has 3 heterocycles. The summed E-state index contributed by atoms with van der Waals surface area (Å²) in [5.74, 6) is -2.36. The molecule has 200 valence electrons. The van der Waals surface area contributed by atoms with Crippen molar-refractivity contribution in [3.63, 3.8) is 0 Å². The van der Waals surface area contributed by atoms with Crippen molar-refractivity contribution < 1.29 is 28.7 Å². The summed E-state index contributed by atoms with van der Waals surface area (Å²) in [6.07, 6.45) is 1.43. The topological polar surface area (TPSA) is 118 Å². The van der Waals surface area contributed by atoms with Gasteiger partial charge in [0.2, 0.25) is 23.6 Å². The fourth-order valence-electron chi connectivity index (χ4n) is 6.19. The third kappa shape index (κ3) is 3.81. The van der Waals surface area contributed by atoms with Crippen molar-refractivity contribution in [3.05, 3.63) is 59.0 Å². The van der Waals surface area contributed by atoms with Gasteiger partial charge in [0.15, 0.2) is 0 Å². The highest BCUT2D eigenvalue weighted by molar-refractivity contribution is 6.08. The number of benzene rings is 1. The highest BCUT2D eigenvalue weighted by Crippen LogP contribution is 2.55. The molecule has 3 unspecified atom stereocenters. The minimum atomic E-state index is -1.29. The van der Waals surface area contributed by atoms with Crippen molar-refractivity contribution in [2.45, 2.75) is 52.6 Å². The standard InChI is InChI=1S/C28H32N4O6/c1-5-17-18-13-14-19-20(23(34)30-22(19)33)21(18)28(4)25(29-15-16-11-9-8-10-12-16)38-27(36)32(28)24(17)37-26(35)31(6-2)7-3/h8-13,19-21H,5-7,14-15H2,1-4H3,(H,30,33,34)/t19?,20?,21?,28-/m0/s1. The lowest BCUT2D eigenvalue weighted by molar-refractivity contribution is -0.126. The molecule has 38 heavy (non-hydrogen) atoms. The van der Waals surface area contributed by atoms with E-state index in [0.717, 1.165) is 11.1 Å². The molecular weight excluding hydrogens is 488 g/mol. The van der Waals surface area contributed by atoms with E-state index in [1.165, 1.54) is 9.80 Å². The highest BCUT2D eigenvalue weighted by Gasteiger charge is 2.67. The number of imide groups is 1. The van der Waals surface area contributed by atoms with Gasteiger partial charge in [-0.1, -0.05) is 43.3 Å². The lowest BCUT2D eigenvalue weighted by Crippen LogP contribution is -2.60. The third-order valence-corrected chi connectivity index (χ3v) is 8.09. The Balaban J connectivity index is 1.68. The summed E-state index contributed by atoms with van der Waals surface area (Å²) in [5, 5.41) is 2.48. The number of hydrogen-bond donors (Lipinski definition) is 1. The van der Waals surface area contributed by atoms with Crippen LogP contribution in [0, 0.1) is 17.8 Å². The molecule has 1 aliphatic carbocycles. The maximum Gasteiger partial charge on any atom is 0.424 e. The highest BCUT2D eigenvalue weighted by atomic mass is 16.6. The molecule has 4 aliphatic rings. The molecule has 2 saturated heterocycles. The first-order chi connectivity index (χ1) is 18.3. The van der Waals surface area contributed by atoms with Gasteiger partial charge in [-0.25, -0.2) is 19.5 Å². The van der Waals surface area contributed by atoms with Crippen LogP contribution in [0.3, 0.4) is 0 Å². The molecule has 0 bridgehead atoms. The van der Waals surface area contributed by atoms with Crippen molar-refractivity contribution in [2.75, 3.05) is 13.1 Å². The van der Waals surface area contributed by atoms with E-state index < -0.39 is 35.5 Å². The number of ether oxygens (including phenoxy) is 2. The van der Waals surface area contributed by atoms with Crippen molar-refractivity contribution in [1.29, 1.82) is 0 Å². The Bertz CT molecular complexity index is 1280. The number of carbonyl (C=O) groups is 4. The van der Waals surface area contributed by atoms with E-state index in [9.17, 15) is 19.2 Å². The van der Waals surface area contributed by atoms with Crippen LogP contribution >= 0.6 is 0 Å². The molecule has 2 fully saturated rings. The third-order valence-electron chi connectivity index (χ3n) is 8.09. The molecule has 4 amide bonds. The number of aliphatic imine (C=N–C) groups is 1. The Labute approximate surface area is 221 Å². The number of carbonyl (C=O) groups excluding carboxylic acids is 4. The number of fused-ring (bicyclic) bond motifs is 5. The Kier molecular flexibility index (Phi) is 6.58. The zero-order chi connectivity index (χ0) is 27.2. The number of amides is 4. The van der Waals surface area contributed by atoms with Gasteiger partial charge in [0.1, 0.15) is 5.54 Å². The van der Waals surface area contributed by atoms with Crippen LogP contribution in [0.15, 0.2) is 58.4 Å². The van der Waals surface area contributed by atoms with Gasteiger partial charge in [-0.15, -0.1) is 0 Å². The zero-order valence-corrected chi connectivity index (χ0v) is 22.0. The first kappa shape index (κ1) is 25.7. The molecule has 1 aromatic carbocycles. The summed E-state index contributed by atoms with van der Waals surface area (Å²) in [7, 11) is 0. The summed E-state index contributed by atoms with van der Waals surface area (Å²) in [6, 6.07) is 9.53. The number of nitrogens with zero attached hydrogens (tertiary/aromatic N) is 3. The Morgan fingerprint density at radius 3 is 2.53 bits per heavy atom. The molecule has 0 saturated carbocycles. The van der Waals surface area contributed by atoms with Gasteiger partial charge in [0.05, 0.1) is 18.4 Å². The fraction of sp³-hybridized carbons (Fsp3) is 0.464. The van der Waals surface area contributed by atoms with Crippen molar-refractivity contribution in [1.82, 2.24) is 15.1 Å². The quantitative estimate of drug-likeness (QED) is 0.571. The normalized spacial score (nSPS) is 28.9. The summed E-state index contributed by atoms with van der Waals surface area (Å²) in [4.78, 5) is 59.9. The van der Waals surface area contributed by atoms with Crippen LogP contribution in [-0.4, -0.2) is 58.3 Å². The van der Waals surface area contributed by atoms with Crippen LogP contribution in [0.25, 0.3) is 0 Å². The van der Waals surface area contributed by atoms with Gasteiger partial charge in [-0.05, 0) is 44.7 Å². The maximum absolute atomic E-state index is 13.5. The van der Waals surface area contributed by atoms with Crippen molar-refractivity contribution >= 4 is 29.9 Å². The molecule has 4 atom stereocenters. The molecule has 1 N–H and O–H groups in total. The van der Waals surface area contributed by atoms with Crippen LogP contribution < -0.4 is 5.32 Å². The zero-order valence-electron chi connectivity index (χ0n) is 22.0. The van der Waals surface area contributed by atoms with Gasteiger partial charge in [0.25, 0.3) is 0 Å². The van der Waals surface area contributed by atoms with Crippen LogP contribution in [0.1, 0.15) is 46.1 Å². The monoisotopic (exact) mass is 520 g/mol. The second-order valence-corrected chi connectivity index (χ2v) is 9.99. The van der Waals surface area contributed by atoms with E-state index in [0.29, 0.717) is 31.5 Å². The van der Waals surface area contributed by atoms with Crippen LogP contribution in [-0.2, 0) is 25.6 Å². The first-order valence-corrected chi connectivity index (χ1v) is 13.1. The summed E-state index contributed by atoms with van der Waals surface area (Å²) >= 11 is 0. The van der Waals surface area contributed by atoms with Crippen LogP contribution in [0.4, 0.5) is 9.59 Å². The van der Waals surface area contributed by atoms with E-state index in [1.807, 2.05) is 57.2 Å². The van der Waals surface area contributed by atoms with E-state index in [4.69, 9.17) is 14.5 Å². The Hall–Kier alpha value is -3.95. The molecule has 3 aliphatic heterocycles. The largest absolute Gasteiger partial charge is 0.424 e. The summed E-state index contributed by atoms with van der Waals surface area (Å²) in [5.41, 5.74) is 1.05. The molecule has 10 nitrogen and oxygen atoms in total. The van der Waals surface area contributed by atoms with E-state index in [1.54, 1.807) is 6.92 Å². The molecule has 0 radical (unpaired) electrons. The SMILES string of the molecule is CCC1=C(OC(=O)N(CC)CC)N2C(=O)OC(=NCc3ccccc3)[C@]2(C)C2C1=CCC1C(=O)NC(=O)C12. The van der Waals surface area contributed by atoms with Gasteiger partial charge in [0, 0.05) is 24.6 Å². The van der Waals surface area contributed by atoms with Crippen LogP contribution in [0.2, 0.25) is 0 Å². The summed E-state index contributed by atoms with van der Waals surface area (Å²) in [6.45, 7) is 8.49. The van der Waals surface area contributed by atoms with E-state index >= 15 is 0 Å². The average molecular weight is 521 g/mol. The lowest BCUT2D eigenvalue weighted by Gasteiger charge is -2.49. The molecule has 10 heteroatoms. The number of rotatable bonds is 6. The molecule has 0 spiro atoms. The molecule has 0 aromatic heterocycles. The molecule has 1 aromatic rings. The minimum absolute atomic E-state index is 0.0903. The first-order valence-electron chi connectivity index (χ1n) is 13.1. The van der Waals surface area contributed by atoms with Gasteiger partial charge < -0.3 is 14.4 Å². The Morgan fingerprint density at radius 1 is 1.16 bits per heavy atom. The van der Waals surface area contributed by atoms with Gasteiger partial charge in [-0.3, -0.25) is 14.9 Å². The van der Waals surface area contributed by atoms with E-state index in [2.05, 4.69) is 5.32 Å². The number of nitrogens with one attached hydrogen (secondary N) is 1. The number of hydrogen-bond acceptors (Lipinski definition) is 7. The van der Waals surface area contributed by atoms with Gasteiger partial charge in [-0.2, -0.15) is 0 Å². The number of cyclic esters (lactones) is 1. The van der Waals surface area contributed by atoms with Crippen LogP contribution in [0.5, 0.6) is 0 Å². The number of allylic oxidation sites excluding steroid dienone is 2.